The Morgan fingerprint density at radius 1 is 0.600 bits per heavy atom. The molecule has 1 N–H and O–H groups in total. The van der Waals surface area contributed by atoms with Gasteiger partial charge in [-0.3, -0.25) is 14.0 Å². The minimum Gasteiger partial charge on any atom is -0.390 e. The standard InChI is InChI=1S/C17H19NO3S.C16H17NO/c1-22(19,20)21-16-12-18(13-16)17(14-8-4-2-5-9-14)15-10-6-3-7-11-15;18-15-11-17(12-15)16(13-7-3-1-4-8-13)14-9-5-2-6-10-14/h2-11,16-17H,12-13H2,1H3;1-10,15-16,18H,11-12H2. The minimum atomic E-state index is -3.39. The zero-order valence-corrected chi connectivity index (χ0v) is 23.5. The Kier molecular flexibility index (Phi) is 9.09. The molecule has 7 heteroatoms. The van der Waals surface area contributed by atoms with E-state index >= 15 is 0 Å². The van der Waals surface area contributed by atoms with Crippen molar-refractivity contribution in [3.05, 3.63) is 144 Å². The van der Waals surface area contributed by atoms with Gasteiger partial charge in [0.15, 0.2) is 0 Å². The quantitative estimate of drug-likeness (QED) is 0.312. The van der Waals surface area contributed by atoms with Crippen molar-refractivity contribution in [3.63, 3.8) is 0 Å². The molecule has 2 fully saturated rings. The van der Waals surface area contributed by atoms with Crippen LogP contribution in [0.3, 0.4) is 0 Å². The maximum Gasteiger partial charge on any atom is 0.264 e. The lowest BCUT2D eigenvalue weighted by Crippen LogP contribution is -2.54. The van der Waals surface area contributed by atoms with Gasteiger partial charge in [0.2, 0.25) is 0 Å². The van der Waals surface area contributed by atoms with Crippen LogP contribution < -0.4 is 0 Å². The molecule has 2 aliphatic heterocycles. The molecule has 40 heavy (non-hydrogen) atoms. The first kappa shape index (κ1) is 28.2. The van der Waals surface area contributed by atoms with Crippen LogP contribution in [0.5, 0.6) is 0 Å². The van der Waals surface area contributed by atoms with E-state index in [0.29, 0.717) is 13.1 Å². The third-order valence-corrected chi connectivity index (χ3v) is 7.89. The average molecular weight is 557 g/mol. The van der Waals surface area contributed by atoms with Gasteiger partial charge in [0.25, 0.3) is 10.1 Å². The topological polar surface area (TPSA) is 70.1 Å². The van der Waals surface area contributed by atoms with Gasteiger partial charge in [-0.05, 0) is 22.3 Å². The summed E-state index contributed by atoms with van der Waals surface area (Å²) in [6.45, 7) is 2.74. The molecule has 6 rings (SSSR count). The number of hydrogen-bond acceptors (Lipinski definition) is 6. The largest absolute Gasteiger partial charge is 0.390 e. The van der Waals surface area contributed by atoms with Crippen molar-refractivity contribution in [1.82, 2.24) is 9.80 Å². The van der Waals surface area contributed by atoms with E-state index < -0.39 is 10.1 Å². The monoisotopic (exact) mass is 556 g/mol. The maximum atomic E-state index is 11.2. The Balaban J connectivity index is 0.000000164. The summed E-state index contributed by atoms with van der Waals surface area (Å²) in [5.74, 6) is 0. The highest BCUT2D eigenvalue weighted by molar-refractivity contribution is 7.86. The summed E-state index contributed by atoms with van der Waals surface area (Å²) in [5.41, 5.74) is 4.98. The molecule has 0 bridgehead atoms. The summed E-state index contributed by atoms with van der Waals surface area (Å²) in [6, 6.07) is 41.9. The molecule has 0 radical (unpaired) electrons. The molecule has 4 aromatic rings. The maximum absolute atomic E-state index is 11.2. The lowest BCUT2D eigenvalue weighted by molar-refractivity contribution is -0.0160. The van der Waals surface area contributed by atoms with Crippen LogP contribution in [0.4, 0.5) is 0 Å². The number of aliphatic hydroxyl groups excluding tert-OH is 1. The number of hydrogen-bond donors (Lipinski definition) is 1. The summed E-state index contributed by atoms with van der Waals surface area (Å²) in [4.78, 5) is 4.55. The first-order valence-electron chi connectivity index (χ1n) is 13.6. The Morgan fingerprint density at radius 2 is 0.900 bits per heavy atom. The van der Waals surface area contributed by atoms with Crippen LogP contribution >= 0.6 is 0 Å². The molecule has 4 aromatic carbocycles. The third-order valence-electron chi connectivity index (χ3n) is 7.27. The average Bonchev–Trinajstić information content (AvgIpc) is 2.93. The van der Waals surface area contributed by atoms with E-state index in [1.807, 2.05) is 48.5 Å². The van der Waals surface area contributed by atoms with Gasteiger partial charge in [-0.25, -0.2) is 0 Å². The fourth-order valence-corrected chi connectivity index (χ4v) is 6.07. The Labute approximate surface area is 237 Å². The number of β-amino-alcohol motifs (C(OH)–C–C–N with tert-alkyl or cyclic N) is 1. The first-order valence-corrected chi connectivity index (χ1v) is 15.4. The van der Waals surface area contributed by atoms with Crippen molar-refractivity contribution in [3.8, 4) is 0 Å². The van der Waals surface area contributed by atoms with Gasteiger partial charge in [0.05, 0.1) is 24.4 Å². The van der Waals surface area contributed by atoms with Crippen LogP contribution in [0.1, 0.15) is 34.3 Å². The van der Waals surface area contributed by atoms with Gasteiger partial charge in [0.1, 0.15) is 6.10 Å². The summed E-state index contributed by atoms with van der Waals surface area (Å²) in [7, 11) is -3.39. The van der Waals surface area contributed by atoms with E-state index in [1.54, 1.807) is 0 Å². The lowest BCUT2D eigenvalue weighted by Gasteiger charge is -2.43. The molecule has 2 heterocycles. The molecule has 6 nitrogen and oxygen atoms in total. The van der Waals surface area contributed by atoms with Crippen molar-refractivity contribution in [2.75, 3.05) is 32.4 Å². The fourth-order valence-electron chi connectivity index (χ4n) is 5.46. The fraction of sp³-hybridized carbons (Fsp3) is 0.273. The van der Waals surface area contributed by atoms with Gasteiger partial charge in [-0.15, -0.1) is 0 Å². The lowest BCUT2D eigenvalue weighted by atomic mass is 9.94. The number of nitrogens with zero attached hydrogens (tertiary/aromatic N) is 2. The predicted octanol–water partition coefficient (Wildman–Crippen LogP) is 4.89. The third kappa shape index (κ3) is 7.24. The zero-order chi connectivity index (χ0) is 28.0. The molecule has 0 unspecified atom stereocenters. The van der Waals surface area contributed by atoms with Crippen molar-refractivity contribution in [1.29, 1.82) is 0 Å². The summed E-state index contributed by atoms with van der Waals surface area (Å²) >= 11 is 0. The van der Waals surface area contributed by atoms with Gasteiger partial charge >= 0.3 is 0 Å². The molecule has 2 aliphatic rings. The number of rotatable bonds is 8. The summed E-state index contributed by atoms with van der Waals surface area (Å²) in [6.07, 6.45) is 0.687. The zero-order valence-electron chi connectivity index (χ0n) is 22.7. The van der Waals surface area contributed by atoms with Crippen molar-refractivity contribution < 1.29 is 17.7 Å². The molecule has 0 amide bonds. The molecular formula is C33H36N2O4S. The van der Waals surface area contributed by atoms with Crippen LogP contribution in [0.2, 0.25) is 0 Å². The molecule has 0 atom stereocenters. The van der Waals surface area contributed by atoms with E-state index in [-0.39, 0.29) is 24.3 Å². The van der Waals surface area contributed by atoms with Gasteiger partial charge in [-0.1, -0.05) is 121 Å². The van der Waals surface area contributed by atoms with Gasteiger partial charge in [-0.2, -0.15) is 8.42 Å². The van der Waals surface area contributed by atoms with Crippen LogP contribution in [0.15, 0.2) is 121 Å². The van der Waals surface area contributed by atoms with Gasteiger partial charge in [0, 0.05) is 26.2 Å². The van der Waals surface area contributed by atoms with E-state index in [1.165, 1.54) is 22.3 Å². The molecule has 2 saturated heterocycles. The second-order valence-corrected chi connectivity index (χ2v) is 12.0. The van der Waals surface area contributed by atoms with Crippen molar-refractivity contribution in [2.45, 2.75) is 24.3 Å². The van der Waals surface area contributed by atoms with Crippen LogP contribution in [0, 0.1) is 0 Å². The second kappa shape index (κ2) is 12.9. The number of aliphatic hydroxyl groups is 1. The molecule has 0 aromatic heterocycles. The Hall–Kier alpha value is -3.33. The Bertz CT molecular complexity index is 1350. The number of benzene rings is 4. The molecule has 0 saturated carbocycles. The smallest absolute Gasteiger partial charge is 0.264 e. The first-order chi connectivity index (χ1) is 19.4. The highest BCUT2D eigenvalue weighted by Gasteiger charge is 2.36. The van der Waals surface area contributed by atoms with E-state index in [0.717, 1.165) is 19.3 Å². The molecular weight excluding hydrogens is 520 g/mol. The highest BCUT2D eigenvalue weighted by Crippen LogP contribution is 2.34. The van der Waals surface area contributed by atoms with E-state index in [2.05, 4.69) is 82.6 Å². The highest BCUT2D eigenvalue weighted by atomic mass is 32.2. The van der Waals surface area contributed by atoms with Crippen LogP contribution in [0.25, 0.3) is 0 Å². The van der Waals surface area contributed by atoms with Crippen LogP contribution in [-0.2, 0) is 14.3 Å². The molecule has 208 valence electrons. The molecule has 0 spiro atoms. The minimum absolute atomic E-state index is 0.127. The van der Waals surface area contributed by atoms with E-state index in [4.69, 9.17) is 4.18 Å². The van der Waals surface area contributed by atoms with Crippen molar-refractivity contribution in [2.24, 2.45) is 0 Å². The molecule has 0 aliphatic carbocycles. The normalized spacial score (nSPS) is 16.7. The van der Waals surface area contributed by atoms with Crippen LogP contribution in [-0.4, -0.2) is 68.0 Å². The van der Waals surface area contributed by atoms with Gasteiger partial charge < -0.3 is 5.11 Å². The predicted molar refractivity (Wildman–Crippen MR) is 158 cm³/mol. The SMILES string of the molecule is CS(=O)(=O)OC1CN(C(c2ccccc2)c2ccccc2)C1.OC1CN(C(c2ccccc2)c2ccccc2)C1. The van der Waals surface area contributed by atoms with Crippen molar-refractivity contribution >= 4 is 10.1 Å². The Morgan fingerprint density at radius 3 is 1.18 bits per heavy atom. The second-order valence-electron chi connectivity index (χ2n) is 10.4. The number of likely N-dealkylation sites (tertiary alicyclic amines) is 2. The van der Waals surface area contributed by atoms with E-state index in [9.17, 15) is 13.5 Å². The summed E-state index contributed by atoms with van der Waals surface area (Å²) < 4.78 is 27.5. The summed E-state index contributed by atoms with van der Waals surface area (Å²) in [5, 5.41) is 9.52.